The maximum atomic E-state index is 14.3. The van der Waals surface area contributed by atoms with E-state index in [0.717, 1.165) is 37.7 Å². The van der Waals surface area contributed by atoms with Crippen molar-refractivity contribution < 1.29 is 38.2 Å². The van der Waals surface area contributed by atoms with Crippen molar-refractivity contribution in [2.24, 2.45) is 23.5 Å². The molecule has 1 heterocycles. The third kappa shape index (κ3) is 12.6. The van der Waals surface area contributed by atoms with Crippen molar-refractivity contribution in [3.05, 3.63) is 42.1 Å². The molecule has 5 N–H and O–H groups in total. The summed E-state index contributed by atoms with van der Waals surface area (Å²) >= 11 is 0. The first kappa shape index (κ1) is 52.0. The Hall–Kier alpha value is -4.38. The molecule has 0 aromatic heterocycles. The van der Waals surface area contributed by atoms with Crippen LogP contribution in [-0.2, 0) is 44.7 Å². The number of anilines is 1. The Bertz CT molecular complexity index is 1730. The van der Waals surface area contributed by atoms with E-state index in [9.17, 15) is 28.8 Å². The molecule has 1 unspecified atom stereocenters. The van der Waals surface area contributed by atoms with E-state index < -0.39 is 53.6 Å². The summed E-state index contributed by atoms with van der Waals surface area (Å²) in [5.41, 5.74) is 6.21. The molecule has 16 heteroatoms. The highest BCUT2D eigenvalue weighted by atomic mass is 16.5. The van der Waals surface area contributed by atoms with Gasteiger partial charge < -0.3 is 45.9 Å². The van der Waals surface area contributed by atoms with Crippen molar-refractivity contribution in [2.75, 3.05) is 60.8 Å². The van der Waals surface area contributed by atoms with Crippen molar-refractivity contribution in [2.45, 2.75) is 135 Å². The number of ether oxygens (including phenoxy) is 2. The molecule has 62 heavy (non-hydrogen) atoms. The summed E-state index contributed by atoms with van der Waals surface area (Å²) in [4.78, 5) is 87.8. The van der Waals surface area contributed by atoms with Gasteiger partial charge in [-0.1, -0.05) is 59.8 Å². The normalized spacial score (nSPS) is 19.3. The molecule has 0 spiro atoms. The largest absolute Gasteiger partial charge is 0.379 e. The van der Waals surface area contributed by atoms with Gasteiger partial charge in [0.05, 0.1) is 53.9 Å². The number of rotatable bonds is 23. The van der Waals surface area contributed by atoms with Crippen molar-refractivity contribution in [3.63, 3.8) is 0 Å². The van der Waals surface area contributed by atoms with Crippen LogP contribution in [0.3, 0.4) is 0 Å². The molecule has 6 amide bonds. The third-order valence-corrected chi connectivity index (χ3v) is 13.2. The van der Waals surface area contributed by atoms with Gasteiger partial charge in [0.15, 0.2) is 0 Å². The first-order valence-corrected chi connectivity index (χ1v) is 22.2. The van der Waals surface area contributed by atoms with Gasteiger partial charge in [0.25, 0.3) is 5.91 Å². The molecular weight excluding hydrogens is 793 g/mol. The standard InChI is InChI=1S/C46H76N8O8/c1-14-29(4)39(53(11)44(59)38(28(2)3)50-45(60)46(51(8)9)22-17-23-46)36(61-12)27-37(55)54-24-16-20-35(54)40(62-13)30(5)43(58)52(10)25-21-33-18-15-19-34(26-33)49-42(57)32(7)48-41(56)31(6)47/h15,18-19,26,28-31,35-36,38-40H,7,14,16-17,20-25,27,47H2,1-6,8-13H3,(H,48,56)(H,49,57)(H,50,60)/t29-,30+,31-,35?,36+,38-,39-,40+/m0/s1. The monoisotopic (exact) mass is 869 g/mol. The lowest BCUT2D eigenvalue weighted by Crippen LogP contribution is -2.65. The Kier molecular flexibility index (Phi) is 19.6. The summed E-state index contributed by atoms with van der Waals surface area (Å²) in [5, 5.41) is 8.22. The second kappa shape index (κ2) is 23.3. The second-order valence-electron chi connectivity index (χ2n) is 18.0. The molecule has 3 rings (SSSR count). The predicted molar refractivity (Wildman–Crippen MR) is 241 cm³/mol. The van der Waals surface area contributed by atoms with Crippen LogP contribution in [0.4, 0.5) is 5.69 Å². The molecule has 1 aliphatic heterocycles. The Morgan fingerprint density at radius 1 is 0.968 bits per heavy atom. The number of nitrogens with one attached hydrogen (secondary N) is 3. The number of carbonyl (C=O) groups excluding carboxylic acids is 6. The number of hydrogen-bond acceptors (Lipinski definition) is 10. The van der Waals surface area contributed by atoms with Crippen LogP contribution in [0.1, 0.15) is 92.1 Å². The number of methoxy groups -OCH3 is 2. The molecule has 348 valence electrons. The Labute approximate surface area is 370 Å². The lowest BCUT2D eigenvalue weighted by atomic mass is 9.74. The molecule has 2 aliphatic rings. The molecule has 1 aromatic rings. The van der Waals surface area contributed by atoms with Crippen molar-refractivity contribution in [1.29, 1.82) is 0 Å². The quantitative estimate of drug-likeness (QED) is 0.119. The number of nitrogens with two attached hydrogens (primary N) is 1. The second-order valence-corrected chi connectivity index (χ2v) is 18.0. The fraction of sp³-hybridized carbons (Fsp3) is 0.696. The van der Waals surface area contributed by atoms with Gasteiger partial charge in [-0.25, -0.2) is 0 Å². The summed E-state index contributed by atoms with van der Waals surface area (Å²) in [7, 11) is 10.4. The summed E-state index contributed by atoms with van der Waals surface area (Å²) in [6.45, 7) is 15.8. The van der Waals surface area contributed by atoms with E-state index in [0.29, 0.717) is 31.6 Å². The number of carbonyl (C=O) groups is 6. The summed E-state index contributed by atoms with van der Waals surface area (Å²) in [6.07, 6.45) is 3.92. The van der Waals surface area contributed by atoms with Crippen LogP contribution < -0.4 is 21.7 Å². The van der Waals surface area contributed by atoms with Crippen LogP contribution in [0, 0.1) is 17.8 Å². The highest BCUT2D eigenvalue weighted by Crippen LogP contribution is 2.37. The van der Waals surface area contributed by atoms with Gasteiger partial charge in [-0.2, -0.15) is 0 Å². The molecule has 2 fully saturated rings. The number of nitrogens with zero attached hydrogens (tertiary/aromatic N) is 4. The van der Waals surface area contributed by atoms with E-state index in [1.807, 2.05) is 64.6 Å². The van der Waals surface area contributed by atoms with Gasteiger partial charge >= 0.3 is 0 Å². The third-order valence-electron chi connectivity index (χ3n) is 13.2. The van der Waals surface area contributed by atoms with Gasteiger partial charge in [-0.05, 0) is 89.1 Å². The number of hydrogen-bond donors (Lipinski definition) is 4. The molecule has 1 saturated heterocycles. The first-order valence-electron chi connectivity index (χ1n) is 22.2. The highest BCUT2D eigenvalue weighted by molar-refractivity contribution is 6.05. The fourth-order valence-electron chi connectivity index (χ4n) is 8.78. The molecule has 1 saturated carbocycles. The zero-order valence-corrected chi connectivity index (χ0v) is 39.4. The number of likely N-dealkylation sites (tertiary alicyclic amines) is 1. The van der Waals surface area contributed by atoms with Gasteiger partial charge in [-0.3, -0.25) is 33.7 Å². The summed E-state index contributed by atoms with van der Waals surface area (Å²) in [6, 6.07) is 4.86. The molecule has 0 bridgehead atoms. The first-order chi connectivity index (χ1) is 29.1. The zero-order chi connectivity index (χ0) is 46.6. The maximum absolute atomic E-state index is 14.3. The molecule has 1 aliphatic carbocycles. The van der Waals surface area contributed by atoms with Crippen LogP contribution in [-0.4, -0.2) is 152 Å². The fourth-order valence-corrected chi connectivity index (χ4v) is 8.78. The maximum Gasteiger partial charge on any atom is 0.271 e. The van der Waals surface area contributed by atoms with Crippen molar-refractivity contribution in [1.82, 2.24) is 30.2 Å². The Morgan fingerprint density at radius 3 is 2.16 bits per heavy atom. The van der Waals surface area contributed by atoms with Crippen molar-refractivity contribution in [3.8, 4) is 0 Å². The minimum absolute atomic E-state index is 0.0237. The Morgan fingerprint density at radius 2 is 1.63 bits per heavy atom. The van der Waals surface area contributed by atoms with Crippen LogP contribution in [0.2, 0.25) is 0 Å². The smallest absolute Gasteiger partial charge is 0.271 e. The van der Waals surface area contributed by atoms with E-state index >= 15 is 0 Å². The van der Waals surface area contributed by atoms with Gasteiger partial charge in [0, 0.05) is 47.1 Å². The predicted octanol–water partition coefficient (Wildman–Crippen LogP) is 3.15. The van der Waals surface area contributed by atoms with Crippen LogP contribution in [0.25, 0.3) is 0 Å². The average molecular weight is 869 g/mol. The molecular formula is C46H76N8O8. The molecule has 8 atom stereocenters. The van der Waals surface area contributed by atoms with Crippen LogP contribution in [0.5, 0.6) is 0 Å². The van der Waals surface area contributed by atoms with Gasteiger partial charge in [0.1, 0.15) is 6.04 Å². The molecule has 1 aromatic carbocycles. The van der Waals surface area contributed by atoms with Crippen LogP contribution in [0.15, 0.2) is 36.5 Å². The summed E-state index contributed by atoms with van der Waals surface area (Å²) in [5.74, 6) is -2.49. The molecule has 0 radical (unpaired) electrons. The lowest BCUT2D eigenvalue weighted by Gasteiger charge is -2.46. The molecule has 16 nitrogen and oxygen atoms in total. The zero-order valence-electron chi connectivity index (χ0n) is 39.4. The van der Waals surface area contributed by atoms with E-state index in [4.69, 9.17) is 15.2 Å². The van der Waals surface area contributed by atoms with E-state index in [1.54, 1.807) is 56.3 Å². The van der Waals surface area contributed by atoms with E-state index in [-0.39, 0.29) is 53.6 Å². The van der Waals surface area contributed by atoms with Gasteiger partial charge in [0.2, 0.25) is 29.5 Å². The minimum atomic E-state index is -0.794. The minimum Gasteiger partial charge on any atom is -0.379 e. The average Bonchev–Trinajstić information content (AvgIpc) is 3.70. The van der Waals surface area contributed by atoms with Crippen molar-refractivity contribution >= 4 is 41.1 Å². The highest BCUT2D eigenvalue weighted by Gasteiger charge is 2.48. The number of amides is 6. The van der Waals surface area contributed by atoms with E-state index in [1.165, 1.54) is 6.92 Å². The summed E-state index contributed by atoms with van der Waals surface area (Å²) < 4.78 is 12.1. The van der Waals surface area contributed by atoms with Crippen LogP contribution >= 0.6 is 0 Å². The van der Waals surface area contributed by atoms with Gasteiger partial charge in [-0.15, -0.1) is 0 Å². The topological polar surface area (TPSA) is 196 Å². The number of likely N-dealkylation sites (N-methyl/N-ethyl adjacent to an activating group) is 3. The SMILES string of the molecule is C=C(NC(=O)[C@H](C)N)C(=O)Nc1cccc(CCN(C)C(=O)[C@H](C)[C@@H](OC)C2CCCN2C(=O)C[C@@H](OC)[C@H]([C@@H](C)CC)N(C)C(=O)[C@@H](NC(=O)C2(N(C)C)CCC2)C(C)C)c1. The Balaban J connectivity index is 1.69. The van der Waals surface area contributed by atoms with E-state index in [2.05, 4.69) is 22.5 Å². The lowest BCUT2D eigenvalue weighted by molar-refractivity contribution is -0.150. The number of benzene rings is 1.